The quantitative estimate of drug-likeness (QED) is 0.872. The van der Waals surface area contributed by atoms with Crippen molar-refractivity contribution < 1.29 is 9.90 Å². The molecule has 0 radical (unpaired) electrons. The van der Waals surface area contributed by atoms with Gasteiger partial charge in [0.05, 0.1) is 5.69 Å². The number of aromatic nitrogens is 2. The first-order valence-corrected chi connectivity index (χ1v) is 5.04. The lowest BCUT2D eigenvalue weighted by atomic mass is 10.2. The average molecular weight is 226 g/mol. The summed E-state index contributed by atoms with van der Waals surface area (Å²) in [5.41, 5.74) is 1.59. The van der Waals surface area contributed by atoms with Gasteiger partial charge in [-0.3, -0.25) is 0 Å². The van der Waals surface area contributed by atoms with Crippen molar-refractivity contribution >= 4 is 18.1 Å². The fourth-order valence-corrected chi connectivity index (χ4v) is 1.33. The Morgan fingerprint density at radius 1 is 1.12 bits per heavy atom. The van der Waals surface area contributed by atoms with E-state index in [-0.39, 0.29) is 5.69 Å². The molecule has 84 valence electrons. The maximum atomic E-state index is 10.7. The molecule has 1 heterocycles. The molecule has 0 saturated heterocycles. The van der Waals surface area contributed by atoms with Gasteiger partial charge in [-0.1, -0.05) is 36.4 Å². The van der Waals surface area contributed by atoms with Crippen LogP contribution in [0.2, 0.25) is 0 Å². The molecule has 0 amide bonds. The summed E-state index contributed by atoms with van der Waals surface area (Å²) in [5.74, 6) is -1.05. The van der Waals surface area contributed by atoms with Gasteiger partial charge in [0.2, 0.25) is 0 Å². The number of aromatic carboxylic acids is 1. The third-order valence-electron chi connectivity index (χ3n) is 2.15. The number of rotatable bonds is 3. The summed E-state index contributed by atoms with van der Waals surface area (Å²) in [6.07, 6.45) is 4.87. The van der Waals surface area contributed by atoms with E-state index in [0.29, 0.717) is 5.69 Å². The lowest BCUT2D eigenvalue weighted by molar-refractivity contribution is 0.0690. The fraction of sp³-hybridized carbons (Fsp3) is 0. The lowest BCUT2D eigenvalue weighted by Crippen LogP contribution is -2.00. The normalized spacial score (nSPS) is 10.6. The van der Waals surface area contributed by atoms with Gasteiger partial charge in [-0.25, -0.2) is 14.8 Å². The van der Waals surface area contributed by atoms with Crippen LogP contribution >= 0.6 is 0 Å². The van der Waals surface area contributed by atoms with Crippen molar-refractivity contribution in [1.82, 2.24) is 9.97 Å². The van der Waals surface area contributed by atoms with Gasteiger partial charge in [-0.05, 0) is 17.7 Å². The van der Waals surface area contributed by atoms with E-state index in [0.717, 1.165) is 5.56 Å². The zero-order valence-electron chi connectivity index (χ0n) is 8.95. The third kappa shape index (κ3) is 2.98. The van der Waals surface area contributed by atoms with Gasteiger partial charge in [0.1, 0.15) is 6.33 Å². The number of carboxylic acids is 1. The summed E-state index contributed by atoms with van der Waals surface area (Å²) >= 11 is 0. The average Bonchev–Trinajstić information content (AvgIpc) is 2.38. The summed E-state index contributed by atoms with van der Waals surface area (Å²) in [4.78, 5) is 18.3. The smallest absolute Gasteiger partial charge is 0.354 e. The second kappa shape index (κ2) is 5.03. The van der Waals surface area contributed by atoms with E-state index in [2.05, 4.69) is 9.97 Å². The zero-order chi connectivity index (χ0) is 12.1. The number of carboxylic acid groups (broad SMARTS) is 1. The van der Waals surface area contributed by atoms with Crippen LogP contribution in [0.15, 0.2) is 42.7 Å². The Labute approximate surface area is 98.3 Å². The molecule has 0 aliphatic rings. The molecule has 0 saturated carbocycles. The van der Waals surface area contributed by atoms with Gasteiger partial charge in [0.25, 0.3) is 0 Å². The molecular weight excluding hydrogens is 216 g/mol. The lowest BCUT2D eigenvalue weighted by Gasteiger charge is -1.95. The van der Waals surface area contributed by atoms with Crippen molar-refractivity contribution in [2.24, 2.45) is 0 Å². The van der Waals surface area contributed by atoms with Crippen LogP contribution in [-0.4, -0.2) is 21.0 Å². The molecule has 0 unspecified atom stereocenters. The minimum absolute atomic E-state index is 0.00675. The Hall–Kier alpha value is -2.49. The maximum absolute atomic E-state index is 10.7. The standard InChI is InChI=1S/C13H10N2O2/c16-13(17)12-8-11(14-9-15-12)7-6-10-4-2-1-3-5-10/h1-9H,(H,16,17)/b7-6+. The number of benzene rings is 1. The molecule has 1 aromatic carbocycles. The summed E-state index contributed by atoms with van der Waals surface area (Å²) in [7, 11) is 0. The van der Waals surface area contributed by atoms with Gasteiger partial charge < -0.3 is 5.11 Å². The molecule has 1 aromatic heterocycles. The number of nitrogens with zero attached hydrogens (tertiary/aromatic N) is 2. The number of hydrogen-bond donors (Lipinski definition) is 1. The maximum Gasteiger partial charge on any atom is 0.354 e. The zero-order valence-corrected chi connectivity index (χ0v) is 8.95. The van der Waals surface area contributed by atoms with E-state index in [1.807, 2.05) is 36.4 Å². The molecular formula is C13H10N2O2. The molecule has 0 atom stereocenters. The summed E-state index contributed by atoms with van der Waals surface area (Å²) in [6.45, 7) is 0. The second-order valence-electron chi connectivity index (χ2n) is 3.38. The van der Waals surface area contributed by atoms with Crippen LogP contribution < -0.4 is 0 Å². The molecule has 0 aliphatic carbocycles. The molecule has 2 aromatic rings. The molecule has 17 heavy (non-hydrogen) atoms. The molecule has 4 heteroatoms. The van der Waals surface area contributed by atoms with Crippen LogP contribution in [0.5, 0.6) is 0 Å². The van der Waals surface area contributed by atoms with E-state index < -0.39 is 5.97 Å². The van der Waals surface area contributed by atoms with Crippen LogP contribution in [0.25, 0.3) is 12.2 Å². The number of carbonyl (C=O) groups is 1. The van der Waals surface area contributed by atoms with Crippen molar-refractivity contribution in [1.29, 1.82) is 0 Å². The van der Waals surface area contributed by atoms with Crippen molar-refractivity contribution in [2.45, 2.75) is 0 Å². The highest BCUT2D eigenvalue weighted by atomic mass is 16.4. The van der Waals surface area contributed by atoms with Crippen molar-refractivity contribution in [3.63, 3.8) is 0 Å². The van der Waals surface area contributed by atoms with E-state index in [1.54, 1.807) is 6.08 Å². The largest absolute Gasteiger partial charge is 0.477 e. The molecule has 1 N–H and O–H groups in total. The predicted octanol–water partition coefficient (Wildman–Crippen LogP) is 2.35. The summed E-state index contributed by atoms with van der Waals surface area (Å²) in [6, 6.07) is 11.1. The molecule has 0 fully saturated rings. The first kappa shape index (κ1) is 11.0. The van der Waals surface area contributed by atoms with Gasteiger partial charge in [-0.15, -0.1) is 0 Å². The van der Waals surface area contributed by atoms with E-state index in [4.69, 9.17) is 5.11 Å². The van der Waals surface area contributed by atoms with Crippen molar-refractivity contribution in [3.8, 4) is 0 Å². The van der Waals surface area contributed by atoms with Crippen LogP contribution in [0.1, 0.15) is 21.7 Å². The minimum atomic E-state index is -1.05. The van der Waals surface area contributed by atoms with Crippen LogP contribution in [-0.2, 0) is 0 Å². The molecule has 4 nitrogen and oxygen atoms in total. The Kier molecular flexibility index (Phi) is 3.25. The van der Waals surface area contributed by atoms with E-state index in [1.165, 1.54) is 12.4 Å². The second-order valence-corrected chi connectivity index (χ2v) is 3.38. The summed E-state index contributed by atoms with van der Waals surface area (Å²) in [5, 5.41) is 8.78. The third-order valence-corrected chi connectivity index (χ3v) is 2.15. The topological polar surface area (TPSA) is 63.1 Å². The Balaban J connectivity index is 2.22. The highest BCUT2D eigenvalue weighted by Crippen LogP contribution is 2.06. The highest BCUT2D eigenvalue weighted by Gasteiger charge is 2.03. The van der Waals surface area contributed by atoms with Crippen LogP contribution in [0.4, 0.5) is 0 Å². The minimum Gasteiger partial charge on any atom is -0.477 e. The monoisotopic (exact) mass is 226 g/mol. The van der Waals surface area contributed by atoms with Crippen LogP contribution in [0.3, 0.4) is 0 Å². The highest BCUT2D eigenvalue weighted by molar-refractivity contribution is 5.86. The van der Waals surface area contributed by atoms with Crippen molar-refractivity contribution in [2.75, 3.05) is 0 Å². The van der Waals surface area contributed by atoms with Gasteiger partial charge in [-0.2, -0.15) is 0 Å². The predicted molar refractivity (Wildman–Crippen MR) is 64.4 cm³/mol. The SMILES string of the molecule is O=C(O)c1cc(/C=C/c2ccccc2)ncn1. The van der Waals surface area contributed by atoms with E-state index in [9.17, 15) is 4.79 Å². The van der Waals surface area contributed by atoms with Gasteiger partial charge in [0, 0.05) is 0 Å². The Morgan fingerprint density at radius 3 is 2.59 bits per heavy atom. The molecule has 0 spiro atoms. The molecule has 0 bridgehead atoms. The van der Waals surface area contributed by atoms with Gasteiger partial charge >= 0.3 is 5.97 Å². The van der Waals surface area contributed by atoms with Crippen LogP contribution in [0, 0.1) is 0 Å². The summed E-state index contributed by atoms with van der Waals surface area (Å²) < 4.78 is 0. The Bertz CT molecular complexity index is 550. The van der Waals surface area contributed by atoms with Gasteiger partial charge in [0.15, 0.2) is 5.69 Å². The first-order valence-electron chi connectivity index (χ1n) is 5.04. The fourth-order valence-electron chi connectivity index (χ4n) is 1.33. The molecule has 0 aliphatic heterocycles. The molecule has 2 rings (SSSR count). The van der Waals surface area contributed by atoms with Crippen molar-refractivity contribution in [3.05, 3.63) is 59.7 Å². The van der Waals surface area contributed by atoms with E-state index >= 15 is 0 Å². The number of hydrogen-bond acceptors (Lipinski definition) is 3. The first-order chi connectivity index (χ1) is 8.25. The Morgan fingerprint density at radius 2 is 1.88 bits per heavy atom.